The number of amides is 1. The van der Waals surface area contributed by atoms with E-state index in [1.54, 1.807) is 11.4 Å². The molecule has 1 saturated carbocycles. The highest BCUT2D eigenvalue weighted by Crippen LogP contribution is 2.35. The Labute approximate surface area is 178 Å². The van der Waals surface area contributed by atoms with E-state index in [4.69, 9.17) is 11.6 Å². The molecule has 0 aliphatic heterocycles. The van der Waals surface area contributed by atoms with Crippen LogP contribution in [-0.4, -0.2) is 25.4 Å². The Morgan fingerprint density at radius 1 is 1.27 bits per heavy atom. The van der Waals surface area contributed by atoms with Gasteiger partial charge in [0.05, 0.1) is 16.6 Å². The molecule has 0 atom stereocenters. The fourth-order valence-electron chi connectivity index (χ4n) is 3.23. The molecule has 3 heterocycles. The van der Waals surface area contributed by atoms with Crippen LogP contribution in [0, 0.1) is 0 Å². The number of carbonyl (C=O) groups is 1. The second-order valence-corrected chi connectivity index (χ2v) is 8.19. The maximum atomic E-state index is 12.7. The van der Waals surface area contributed by atoms with Gasteiger partial charge in [0, 0.05) is 28.2 Å². The normalized spacial score (nSPS) is 13.5. The van der Waals surface area contributed by atoms with E-state index in [9.17, 15) is 14.4 Å². The number of anilines is 1. The zero-order valence-electron chi connectivity index (χ0n) is 15.4. The molecule has 0 bridgehead atoms. The highest BCUT2D eigenvalue weighted by atomic mass is 35.5. The van der Waals surface area contributed by atoms with Gasteiger partial charge in [0.2, 0.25) is 0 Å². The highest BCUT2D eigenvalue weighted by Gasteiger charge is 2.27. The zero-order valence-corrected chi connectivity index (χ0v) is 17.0. The largest absolute Gasteiger partial charge is 0.330 e. The molecule has 1 aromatic carbocycles. The number of benzene rings is 1. The van der Waals surface area contributed by atoms with Crippen molar-refractivity contribution in [2.45, 2.75) is 18.9 Å². The standard InChI is InChI=1S/C20H14ClN5O3S/c21-14-4-2-1-3-12(14)15-9-30-19(23-15)24-17(27)10-7-13-16(22-8-10)26(11-5-6-11)20(29)25-18(13)28/h1-4,7-9,11H,5-6H2,(H,23,24,27)(H,25,28,29). The average molecular weight is 440 g/mol. The molecule has 4 aromatic rings. The number of carbonyl (C=O) groups excluding carboxylic acids is 1. The van der Waals surface area contributed by atoms with Gasteiger partial charge < -0.3 is 0 Å². The predicted molar refractivity (Wildman–Crippen MR) is 115 cm³/mol. The number of pyridine rings is 1. The fraction of sp³-hybridized carbons (Fsp3) is 0.150. The first-order valence-corrected chi connectivity index (χ1v) is 10.4. The van der Waals surface area contributed by atoms with E-state index < -0.39 is 17.2 Å². The van der Waals surface area contributed by atoms with E-state index in [0.717, 1.165) is 18.4 Å². The summed E-state index contributed by atoms with van der Waals surface area (Å²) in [4.78, 5) is 48.0. The molecule has 1 aliphatic carbocycles. The molecule has 1 fully saturated rings. The summed E-state index contributed by atoms with van der Waals surface area (Å²) in [6, 6.07) is 8.80. The number of H-pyrrole nitrogens is 1. The lowest BCUT2D eigenvalue weighted by atomic mass is 10.2. The maximum absolute atomic E-state index is 12.7. The number of halogens is 1. The number of aromatic amines is 1. The van der Waals surface area contributed by atoms with Gasteiger partial charge in [-0.3, -0.25) is 24.5 Å². The molecule has 30 heavy (non-hydrogen) atoms. The van der Waals surface area contributed by atoms with Crippen molar-refractivity contribution in [1.29, 1.82) is 0 Å². The third-order valence-corrected chi connectivity index (χ3v) is 5.91. The number of nitrogens with one attached hydrogen (secondary N) is 2. The van der Waals surface area contributed by atoms with Gasteiger partial charge in [-0.2, -0.15) is 0 Å². The summed E-state index contributed by atoms with van der Waals surface area (Å²) in [7, 11) is 0. The number of hydrogen-bond donors (Lipinski definition) is 2. The average Bonchev–Trinajstić information content (AvgIpc) is 3.46. The van der Waals surface area contributed by atoms with Crippen LogP contribution < -0.4 is 16.6 Å². The van der Waals surface area contributed by atoms with E-state index >= 15 is 0 Å². The molecular weight excluding hydrogens is 426 g/mol. The minimum absolute atomic E-state index is 0.0441. The summed E-state index contributed by atoms with van der Waals surface area (Å²) in [5.74, 6) is -0.451. The zero-order chi connectivity index (χ0) is 20.8. The van der Waals surface area contributed by atoms with Gasteiger partial charge in [-0.1, -0.05) is 29.8 Å². The number of thiazole rings is 1. The molecule has 1 amide bonds. The van der Waals surface area contributed by atoms with Crippen LogP contribution in [0.15, 0.2) is 51.5 Å². The Kier molecular flexibility index (Phi) is 4.48. The van der Waals surface area contributed by atoms with Gasteiger partial charge in [0.25, 0.3) is 11.5 Å². The predicted octanol–water partition coefficient (Wildman–Crippen LogP) is 3.45. The summed E-state index contributed by atoms with van der Waals surface area (Å²) in [5, 5.41) is 5.68. The lowest BCUT2D eigenvalue weighted by Gasteiger charge is -2.08. The van der Waals surface area contributed by atoms with E-state index in [0.29, 0.717) is 15.8 Å². The fourth-order valence-corrected chi connectivity index (χ4v) is 4.16. The van der Waals surface area contributed by atoms with Crippen LogP contribution >= 0.6 is 22.9 Å². The van der Waals surface area contributed by atoms with Crippen LogP contribution in [0.25, 0.3) is 22.3 Å². The first-order chi connectivity index (χ1) is 14.5. The van der Waals surface area contributed by atoms with Gasteiger partial charge >= 0.3 is 5.69 Å². The Hall–Kier alpha value is -3.30. The lowest BCUT2D eigenvalue weighted by molar-refractivity contribution is 0.102. The molecule has 1 aliphatic rings. The van der Waals surface area contributed by atoms with E-state index in [1.165, 1.54) is 28.2 Å². The smallest absolute Gasteiger partial charge is 0.298 e. The molecule has 150 valence electrons. The van der Waals surface area contributed by atoms with Crippen molar-refractivity contribution in [3.05, 3.63) is 73.3 Å². The monoisotopic (exact) mass is 439 g/mol. The van der Waals surface area contributed by atoms with Crippen molar-refractivity contribution in [1.82, 2.24) is 19.5 Å². The second-order valence-electron chi connectivity index (χ2n) is 6.93. The van der Waals surface area contributed by atoms with Gasteiger partial charge in [0.1, 0.15) is 5.65 Å². The van der Waals surface area contributed by atoms with Gasteiger partial charge in [-0.25, -0.2) is 14.8 Å². The van der Waals surface area contributed by atoms with Crippen molar-refractivity contribution in [3.8, 4) is 11.3 Å². The van der Waals surface area contributed by atoms with Crippen LogP contribution in [0.2, 0.25) is 5.02 Å². The third kappa shape index (κ3) is 3.31. The molecule has 8 nitrogen and oxygen atoms in total. The molecule has 2 N–H and O–H groups in total. The third-order valence-electron chi connectivity index (χ3n) is 4.83. The van der Waals surface area contributed by atoms with Crippen molar-refractivity contribution < 1.29 is 4.79 Å². The topological polar surface area (TPSA) is 110 Å². The Balaban J connectivity index is 1.45. The molecule has 0 radical (unpaired) electrons. The van der Waals surface area contributed by atoms with Crippen LogP contribution in [0.3, 0.4) is 0 Å². The van der Waals surface area contributed by atoms with Crippen LogP contribution in [0.4, 0.5) is 5.13 Å². The number of nitrogens with zero attached hydrogens (tertiary/aromatic N) is 3. The number of aromatic nitrogens is 4. The molecule has 3 aromatic heterocycles. The van der Waals surface area contributed by atoms with Gasteiger partial charge in [-0.05, 0) is 25.0 Å². The summed E-state index contributed by atoms with van der Waals surface area (Å²) < 4.78 is 1.48. The molecule has 0 saturated heterocycles. The highest BCUT2D eigenvalue weighted by molar-refractivity contribution is 7.14. The Morgan fingerprint density at radius 3 is 2.83 bits per heavy atom. The van der Waals surface area contributed by atoms with Crippen molar-refractivity contribution >= 4 is 45.0 Å². The molecule has 0 unspecified atom stereocenters. The summed E-state index contributed by atoms with van der Waals surface area (Å²) in [6.07, 6.45) is 3.09. The quantitative estimate of drug-likeness (QED) is 0.506. The first kappa shape index (κ1) is 18.7. The van der Waals surface area contributed by atoms with Gasteiger partial charge in [0.15, 0.2) is 5.13 Å². The number of fused-ring (bicyclic) bond motifs is 1. The Bertz CT molecular complexity index is 1420. The Morgan fingerprint density at radius 2 is 2.07 bits per heavy atom. The van der Waals surface area contributed by atoms with Crippen molar-refractivity contribution in [2.24, 2.45) is 0 Å². The maximum Gasteiger partial charge on any atom is 0.330 e. The first-order valence-electron chi connectivity index (χ1n) is 9.17. The minimum Gasteiger partial charge on any atom is -0.298 e. The van der Waals surface area contributed by atoms with E-state index in [2.05, 4.69) is 20.3 Å². The van der Waals surface area contributed by atoms with Crippen LogP contribution in [0.1, 0.15) is 29.2 Å². The van der Waals surface area contributed by atoms with Crippen LogP contribution in [0.5, 0.6) is 0 Å². The van der Waals surface area contributed by atoms with Crippen molar-refractivity contribution in [2.75, 3.05) is 5.32 Å². The summed E-state index contributed by atoms with van der Waals surface area (Å²) in [5.41, 5.74) is 0.871. The second kappa shape index (κ2) is 7.19. The molecule has 10 heteroatoms. The number of rotatable bonds is 4. The molecular formula is C20H14ClN5O3S. The molecule has 0 spiro atoms. The summed E-state index contributed by atoms with van der Waals surface area (Å²) >= 11 is 7.47. The van der Waals surface area contributed by atoms with Gasteiger partial charge in [-0.15, -0.1) is 11.3 Å². The van der Waals surface area contributed by atoms with E-state index in [-0.39, 0.29) is 22.6 Å². The molecule has 5 rings (SSSR count). The summed E-state index contributed by atoms with van der Waals surface area (Å²) in [6.45, 7) is 0. The number of hydrogen-bond acceptors (Lipinski definition) is 6. The minimum atomic E-state index is -0.565. The lowest BCUT2D eigenvalue weighted by Crippen LogP contribution is -2.30. The van der Waals surface area contributed by atoms with Crippen LogP contribution in [-0.2, 0) is 0 Å². The van der Waals surface area contributed by atoms with Crippen molar-refractivity contribution in [3.63, 3.8) is 0 Å². The van der Waals surface area contributed by atoms with E-state index in [1.807, 2.05) is 18.2 Å². The SMILES string of the molecule is O=C(Nc1nc(-c2ccccc2Cl)cs1)c1cnc2c(c1)c(=O)[nH]c(=O)n2C1CC1.